The van der Waals surface area contributed by atoms with Crippen molar-refractivity contribution in [2.24, 2.45) is 0 Å². The summed E-state index contributed by atoms with van der Waals surface area (Å²) in [4.78, 5) is 28.7. The molecule has 41 heavy (non-hydrogen) atoms. The lowest BCUT2D eigenvalue weighted by Gasteiger charge is -2.24. The minimum Gasteiger partial charge on any atom is -0.467 e. The molecule has 0 saturated carbocycles. The van der Waals surface area contributed by atoms with Crippen molar-refractivity contribution >= 4 is 29.4 Å². The summed E-state index contributed by atoms with van der Waals surface area (Å²) >= 11 is 1.53. The Labute approximate surface area is 242 Å². The average molecular weight is 573 g/mol. The third-order valence-corrected chi connectivity index (χ3v) is 8.34. The molecular formula is C31H32N4O5S. The van der Waals surface area contributed by atoms with Crippen LogP contribution in [0.3, 0.4) is 0 Å². The summed E-state index contributed by atoms with van der Waals surface area (Å²) in [6.07, 6.45) is 1.56. The Morgan fingerprint density at radius 3 is 2.68 bits per heavy atom. The number of anilines is 1. The van der Waals surface area contributed by atoms with Crippen molar-refractivity contribution in [2.75, 3.05) is 24.0 Å². The van der Waals surface area contributed by atoms with E-state index in [9.17, 15) is 9.59 Å². The van der Waals surface area contributed by atoms with Crippen LogP contribution in [-0.2, 0) is 21.5 Å². The van der Waals surface area contributed by atoms with Gasteiger partial charge in [-0.25, -0.2) is 4.68 Å². The van der Waals surface area contributed by atoms with Gasteiger partial charge >= 0.3 is 0 Å². The molecule has 2 aromatic heterocycles. The molecule has 2 aromatic carbocycles. The Kier molecular flexibility index (Phi) is 7.03. The van der Waals surface area contributed by atoms with E-state index in [1.54, 1.807) is 23.3 Å². The van der Waals surface area contributed by atoms with Gasteiger partial charge in [-0.05, 0) is 54.4 Å². The summed E-state index contributed by atoms with van der Waals surface area (Å²) in [6, 6.07) is 17.5. The first kappa shape index (κ1) is 27.0. The molecule has 0 spiro atoms. The van der Waals surface area contributed by atoms with Gasteiger partial charge in [0.2, 0.25) is 18.6 Å². The van der Waals surface area contributed by atoms with Gasteiger partial charge in [-0.15, -0.1) is 11.8 Å². The van der Waals surface area contributed by atoms with Gasteiger partial charge in [0, 0.05) is 11.0 Å². The van der Waals surface area contributed by atoms with Crippen LogP contribution in [-0.4, -0.2) is 40.7 Å². The van der Waals surface area contributed by atoms with Gasteiger partial charge in [0.05, 0.1) is 35.2 Å². The molecule has 9 nitrogen and oxygen atoms in total. The highest BCUT2D eigenvalue weighted by Crippen LogP contribution is 2.49. The normalized spacial score (nSPS) is 16.4. The number of thioether (sulfide) groups is 1. The molecule has 4 aromatic rings. The number of hydrogen-bond donors (Lipinski definition) is 1. The highest BCUT2D eigenvalue weighted by molar-refractivity contribution is 8.00. The van der Waals surface area contributed by atoms with E-state index in [1.165, 1.54) is 11.8 Å². The summed E-state index contributed by atoms with van der Waals surface area (Å²) in [7, 11) is 0. The zero-order valence-corrected chi connectivity index (χ0v) is 24.3. The second-order valence-corrected chi connectivity index (χ2v) is 12.3. The van der Waals surface area contributed by atoms with Crippen LogP contribution in [0.15, 0.2) is 65.3 Å². The minimum absolute atomic E-state index is 0.151. The summed E-state index contributed by atoms with van der Waals surface area (Å²) in [5, 5.41) is 7.81. The minimum atomic E-state index is -0.352. The fourth-order valence-corrected chi connectivity index (χ4v) is 6.34. The molecule has 1 N–H and O–H groups in total. The Balaban J connectivity index is 1.50. The predicted octanol–water partition coefficient (Wildman–Crippen LogP) is 5.29. The Bertz CT molecular complexity index is 1610. The van der Waals surface area contributed by atoms with Crippen molar-refractivity contribution in [3.63, 3.8) is 0 Å². The lowest BCUT2D eigenvalue weighted by molar-refractivity contribution is -0.123. The first-order chi connectivity index (χ1) is 19.7. The van der Waals surface area contributed by atoms with Crippen molar-refractivity contribution < 1.29 is 23.5 Å². The van der Waals surface area contributed by atoms with E-state index in [0.29, 0.717) is 23.1 Å². The van der Waals surface area contributed by atoms with Crippen LogP contribution in [0.5, 0.6) is 11.5 Å². The fourth-order valence-electron chi connectivity index (χ4n) is 5.15. The zero-order chi connectivity index (χ0) is 28.7. The molecule has 212 valence electrons. The maximum Gasteiger partial charge on any atom is 0.240 e. The van der Waals surface area contributed by atoms with Gasteiger partial charge in [-0.3, -0.25) is 14.5 Å². The first-order valence-corrected chi connectivity index (χ1v) is 14.5. The summed E-state index contributed by atoms with van der Waals surface area (Å²) < 4.78 is 18.4. The van der Waals surface area contributed by atoms with Crippen LogP contribution >= 0.6 is 11.8 Å². The number of aromatic nitrogens is 2. The molecule has 0 aliphatic carbocycles. The Morgan fingerprint density at radius 2 is 1.93 bits per heavy atom. The highest BCUT2D eigenvalue weighted by atomic mass is 32.2. The molecule has 0 bridgehead atoms. The molecule has 1 unspecified atom stereocenters. The van der Waals surface area contributed by atoms with Crippen LogP contribution in [0.2, 0.25) is 0 Å². The number of aryl methyl sites for hydroxylation is 1. The van der Waals surface area contributed by atoms with Gasteiger partial charge in [0.1, 0.15) is 18.1 Å². The maximum absolute atomic E-state index is 13.8. The monoisotopic (exact) mass is 572 g/mol. The molecule has 0 fully saturated rings. The molecule has 4 heterocycles. The summed E-state index contributed by atoms with van der Waals surface area (Å²) in [5.41, 5.74) is 4.28. The lowest BCUT2D eigenvalue weighted by atomic mass is 9.87. The number of furan rings is 1. The Morgan fingerprint density at radius 1 is 1.10 bits per heavy atom. The van der Waals surface area contributed by atoms with Gasteiger partial charge in [0.15, 0.2) is 11.5 Å². The van der Waals surface area contributed by atoms with Crippen LogP contribution in [0.4, 0.5) is 5.82 Å². The highest BCUT2D eigenvalue weighted by Gasteiger charge is 2.40. The number of hydrogen-bond acceptors (Lipinski definition) is 7. The number of benzene rings is 2. The van der Waals surface area contributed by atoms with E-state index in [1.807, 2.05) is 54.1 Å². The number of nitrogens with zero attached hydrogens (tertiary/aromatic N) is 3. The van der Waals surface area contributed by atoms with Gasteiger partial charge in [-0.2, -0.15) is 5.10 Å². The van der Waals surface area contributed by atoms with Crippen LogP contribution in [0, 0.1) is 6.92 Å². The smallest absolute Gasteiger partial charge is 0.240 e. The van der Waals surface area contributed by atoms with Crippen molar-refractivity contribution in [2.45, 2.75) is 44.9 Å². The molecule has 1 atom stereocenters. The van der Waals surface area contributed by atoms with Crippen LogP contribution in [0.1, 0.15) is 54.2 Å². The van der Waals surface area contributed by atoms with E-state index >= 15 is 0 Å². The van der Waals surface area contributed by atoms with Crippen LogP contribution < -0.4 is 19.7 Å². The van der Waals surface area contributed by atoms with E-state index in [2.05, 4.69) is 26.1 Å². The van der Waals surface area contributed by atoms with E-state index in [0.717, 1.165) is 28.1 Å². The van der Waals surface area contributed by atoms with Gasteiger partial charge in [0.25, 0.3) is 0 Å². The van der Waals surface area contributed by atoms with Crippen LogP contribution in [0.25, 0.3) is 5.69 Å². The SMILES string of the molecule is Cc1cccc(-n2nc(C(C)(C)C)c3c2N(CC(=O)NCc2ccco2)C(=O)CSC3c2ccc3c(c2)OCO3)c1. The number of carbonyl (C=O) groups excluding carboxylic acids is 2. The first-order valence-electron chi connectivity index (χ1n) is 13.5. The fraction of sp³-hybridized carbons (Fsp3) is 0.323. The maximum atomic E-state index is 13.8. The molecule has 0 saturated heterocycles. The summed E-state index contributed by atoms with van der Waals surface area (Å²) in [5.74, 6) is 2.36. The van der Waals surface area contributed by atoms with E-state index < -0.39 is 0 Å². The standard InChI is InChI=1S/C31H32N4O5S/c1-19-7-5-8-21(13-19)35-30-27(29(33-35)31(2,3)4)28(20-10-11-23-24(14-20)40-18-39-23)41-17-26(37)34(30)16-25(36)32-15-22-9-6-12-38-22/h5-14,28H,15-18H2,1-4H3,(H,32,36). The number of fused-ring (bicyclic) bond motifs is 2. The number of nitrogens with one attached hydrogen (secondary N) is 1. The van der Waals surface area contributed by atoms with E-state index in [-0.39, 0.29) is 48.1 Å². The van der Waals surface area contributed by atoms with Crippen molar-refractivity contribution in [1.29, 1.82) is 0 Å². The molecule has 10 heteroatoms. The van der Waals surface area contributed by atoms with Crippen molar-refractivity contribution in [3.8, 4) is 17.2 Å². The second kappa shape index (κ2) is 10.7. The zero-order valence-electron chi connectivity index (χ0n) is 23.5. The molecule has 0 radical (unpaired) electrons. The molecular weight excluding hydrogens is 540 g/mol. The van der Waals surface area contributed by atoms with E-state index in [4.69, 9.17) is 19.0 Å². The third-order valence-electron chi connectivity index (χ3n) is 7.09. The van der Waals surface area contributed by atoms with Crippen molar-refractivity contribution in [3.05, 3.63) is 89.0 Å². The number of carbonyl (C=O) groups is 2. The molecule has 2 aliphatic heterocycles. The molecule has 6 rings (SSSR count). The Hall–Kier alpha value is -4.18. The quantitative estimate of drug-likeness (QED) is 0.335. The topological polar surface area (TPSA) is 98.8 Å². The predicted molar refractivity (Wildman–Crippen MR) is 157 cm³/mol. The average Bonchev–Trinajstić information content (AvgIpc) is 3.69. The molecule has 2 aliphatic rings. The van der Waals surface area contributed by atoms with Crippen molar-refractivity contribution in [1.82, 2.24) is 15.1 Å². The number of ether oxygens (including phenoxy) is 2. The number of amides is 2. The van der Waals surface area contributed by atoms with Gasteiger partial charge < -0.3 is 19.2 Å². The summed E-state index contributed by atoms with van der Waals surface area (Å²) in [6.45, 7) is 8.63. The number of rotatable bonds is 6. The second-order valence-electron chi connectivity index (χ2n) is 11.2. The third kappa shape index (κ3) is 5.31. The largest absolute Gasteiger partial charge is 0.467 e. The molecule has 2 amide bonds. The lowest BCUT2D eigenvalue weighted by Crippen LogP contribution is -2.42. The van der Waals surface area contributed by atoms with Gasteiger partial charge in [-0.1, -0.05) is 39.0 Å².